The summed E-state index contributed by atoms with van der Waals surface area (Å²) in [6, 6.07) is 11.0. The number of oxime groups is 1. The summed E-state index contributed by atoms with van der Waals surface area (Å²) in [5, 5.41) is 5.15. The molecule has 0 amide bonds. The van der Waals surface area contributed by atoms with Gasteiger partial charge < -0.3 is 14.3 Å². The van der Waals surface area contributed by atoms with E-state index < -0.39 is 0 Å². The van der Waals surface area contributed by atoms with Crippen LogP contribution in [0.5, 0.6) is 11.5 Å². The predicted molar refractivity (Wildman–Crippen MR) is 126 cm³/mol. The van der Waals surface area contributed by atoms with Crippen LogP contribution in [0.4, 0.5) is 0 Å². The molecule has 2 aromatic carbocycles. The second kappa shape index (κ2) is 13.7. The SMILES string of the molecule is Cc1cc(OCC=C(Cl)Cl)cc(Cl)c1OCCCCCO/N=C/c1ccc(Cl)cc1. The zero-order valence-corrected chi connectivity index (χ0v) is 19.6. The zero-order chi connectivity index (χ0) is 21.8. The maximum atomic E-state index is 6.32. The Morgan fingerprint density at radius 3 is 2.40 bits per heavy atom. The molecule has 0 radical (unpaired) electrons. The van der Waals surface area contributed by atoms with Gasteiger partial charge in [0.2, 0.25) is 0 Å². The Balaban J connectivity index is 1.63. The van der Waals surface area contributed by atoms with E-state index in [0.29, 0.717) is 34.8 Å². The van der Waals surface area contributed by atoms with Crippen LogP contribution in [0.25, 0.3) is 0 Å². The topological polar surface area (TPSA) is 40.0 Å². The molecule has 0 aliphatic carbocycles. The van der Waals surface area contributed by atoms with Gasteiger partial charge in [-0.1, -0.05) is 63.7 Å². The Morgan fingerprint density at radius 2 is 1.70 bits per heavy atom. The van der Waals surface area contributed by atoms with Crippen LogP contribution in [-0.4, -0.2) is 26.0 Å². The molecule has 0 aliphatic heterocycles. The van der Waals surface area contributed by atoms with Gasteiger partial charge in [-0.2, -0.15) is 0 Å². The quantitative estimate of drug-likeness (QED) is 0.174. The number of hydrogen-bond donors (Lipinski definition) is 0. The number of ether oxygens (including phenoxy) is 2. The van der Waals surface area contributed by atoms with Crippen LogP contribution in [0, 0.1) is 6.92 Å². The molecule has 0 heterocycles. The molecule has 2 rings (SSSR count). The Morgan fingerprint density at radius 1 is 0.967 bits per heavy atom. The summed E-state index contributed by atoms with van der Waals surface area (Å²) in [6.07, 6.45) is 5.95. The first-order valence-corrected chi connectivity index (χ1v) is 10.9. The van der Waals surface area contributed by atoms with Crippen molar-refractivity contribution in [1.82, 2.24) is 0 Å². The molecule has 0 bridgehead atoms. The van der Waals surface area contributed by atoms with E-state index in [-0.39, 0.29) is 11.1 Å². The molecule has 162 valence electrons. The molecule has 0 saturated heterocycles. The molecule has 0 saturated carbocycles. The van der Waals surface area contributed by atoms with Gasteiger partial charge in [0.1, 0.15) is 29.2 Å². The fourth-order valence-corrected chi connectivity index (χ4v) is 3.05. The molecule has 0 spiro atoms. The number of rotatable bonds is 12. The lowest BCUT2D eigenvalue weighted by Gasteiger charge is -2.13. The molecule has 0 fully saturated rings. The Labute approximate surface area is 197 Å². The third kappa shape index (κ3) is 9.48. The fourth-order valence-electron chi connectivity index (χ4n) is 2.49. The van der Waals surface area contributed by atoms with E-state index >= 15 is 0 Å². The lowest BCUT2D eigenvalue weighted by atomic mass is 10.2. The van der Waals surface area contributed by atoms with Gasteiger partial charge in [-0.15, -0.1) is 0 Å². The van der Waals surface area contributed by atoms with Crippen molar-refractivity contribution in [2.45, 2.75) is 26.2 Å². The van der Waals surface area contributed by atoms with Crippen LogP contribution < -0.4 is 9.47 Å². The number of nitrogens with zero attached hydrogens (tertiary/aromatic N) is 1. The Hall–Kier alpha value is -1.59. The van der Waals surface area contributed by atoms with Crippen LogP contribution in [-0.2, 0) is 4.84 Å². The smallest absolute Gasteiger partial charge is 0.141 e. The minimum absolute atomic E-state index is 0.163. The number of unbranched alkanes of at least 4 members (excludes halogenated alkanes) is 2. The van der Waals surface area contributed by atoms with E-state index in [4.69, 9.17) is 60.7 Å². The van der Waals surface area contributed by atoms with Crippen molar-refractivity contribution in [3.63, 3.8) is 0 Å². The van der Waals surface area contributed by atoms with E-state index in [1.54, 1.807) is 18.4 Å². The monoisotopic (exact) mass is 489 g/mol. The largest absolute Gasteiger partial charge is 0.492 e. The molecule has 0 atom stereocenters. The average Bonchev–Trinajstić information content (AvgIpc) is 2.69. The van der Waals surface area contributed by atoms with Gasteiger partial charge in [-0.05, 0) is 61.6 Å². The van der Waals surface area contributed by atoms with Crippen molar-refractivity contribution in [1.29, 1.82) is 0 Å². The highest BCUT2D eigenvalue weighted by Crippen LogP contribution is 2.33. The van der Waals surface area contributed by atoms with E-state index in [2.05, 4.69) is 5.16 Å². The summed E-state index contributed by atoms with van der Waals surface area (Å²) in [7, 11) is 0. The van der Waals surface area contributed by atoms with Crippen LogP contribution >= 0.6 is 46.4 Å². The Bertz CT molecular complexity index is 827. The predicted octanol–water partition coefficient (Wildman–Crippen LogP) is 7.60. The van der Waals surface area contributed by atoms with Crippen LogP contribution in [0.1, 0.15) is 30.4 Å². The van der Waals surface area contributed by atoms with E-state index in [1.807, 2.05) is 37.3 Å². The lowest BCUT2D eigenvalue weighted by Crippen LogP contribution is -2.01. The number of benzene rings is 2. The zero-order valence-electron chi connectivity index (χ0n) is 16.5. The van der Waals surface area contributed by atoms with Gasteiger partial charge in [0.15, 0.2) is 0 Å². The molecular formula is C22H23Cl4NO3. The molecule has 30 heavy (non-hydrogen) atoms. The first-order valence-electron chi connectivity index (χ1n) is 9.43. The highest BCUT2D eigenvalue weighted by atomic mass is 35.5. The fraction of sp³-hybridized carbons (Fsp3) is 0.318. The van der Waals surface area contributed by atoms with Gasteiger partial charge in [0.25, 0.3) is 0 Å². The van der Waals surface area contributed by atoms with Crippen LogP contribution in [0.3, 0.4) is 0 Å². The molecule has 0 N–H and O–H groups in total. The summed E-state index contributed by atoms with van der Waals surface area (Å²) in [5.41, 5.74) is 1.84. The van der Waals surface area contributed by atoms with Gasteiger partial charge in [0.05, 0.1) is 17.8 Å². The van der Waals surface area contributed by atoms with Crippen LogP contribution in [0.2, 0.25) is 10.0 Å². The third-order valence-electron chi connectivity index (χ3n) is 3.96. The minimum atomic E-state index is 0.163. The summed E-state index contributed by atoms with van der Waals surface area (Å²) in [6.45, 7) is 3.31. The first-order chi connectivity index (χ1) is 14.5. The number of aryl methyl sites for hydroxylation is 1. The van der Waals surface area contributed by atoms with Crippen molar-refractivity contribution < 1.29 is 14.3 Å². The lowest BCUT2D eigenvalue weighted by molar-refractivity contribution is 0.140. The van der Waals surface area contributed by atoms with Crippen molar-refractivity contribution in [2.24, 2.45) is 5.16 Å². The van der Waals surface area contributed by atoms with Crippen molar-refractivity contribution in [3.05, 3.63) is 68.1 Å². The molecular weight excluding hydrogens is 468 g/mol. The van der Waals surface area contributed by atoms with Crippen LogP contribution in [0.15, 0.2) is 52.1 Å². The second-order valence-electron chi connectivity index (χ2n) is 6.38. The summed E-state index contributed by atoms with van der Waals surface area (Å²) in [4.78, 5) is 5.27. The van der Waals surface area contributed by atoms with Gasteiger partial charge in [0, 0.05) is 11.1 Å². The van der Waals surface area contributed by atoms with Crippen molar-refractivity contribution >= 4 is 52.6 Å². The molecule has 0 aromatic heterocycles. The minimum Gasteiger partial charge on any atom is -0.492 e. The van der Waals surface area contributed by atoms with Gasteiger partial charge >= 0.3 is 0 Å². The normalized spacial score (nSPS) is 10.8. The first kappa shape index (κ1) is 24.7. The van der Waals surface area contributed by atoms with E-state index in [9.17, 15) is 0 Å². The van der Waals surface area contributed by atoms with E-state index in [1.165, 1.54) is 0 Å². The number of hydrogen-bond acceptors (Lipinski definition) is 4. The van der Waals surface area contributed by atoms with Gasteiger partial charge in [-0.3, -0.25) is 0 Å². The molecule has 2 aromatic rings. The molecule has 4 nitrogen and oxygen atoms in total. The van der Waals surface area contributed by atoms with Gasteiger partial charge in [-0.25, -0.2) is 0 Å². The summed E-state index contributed by atoms with van der Waals surface area (Å²) in [5.74, 6) is 1.30. The third-order valence-corrected chi connectivity index (χ3v) is 4.80. The molecule has 0 unspecified atom stereocenters. The van der Waals surface area contributed by atoms with Crippen molar-refractivity contribution in [3.8, 4) is 11.5 Å². The maximum Gasteiger partial charge on any atom is 0.141 e. The standard InChI is InChI=1S/C22H23Cl4NO3/c1-16-13-19(28-12-9-21(25)26)14-20(24)22(16)29-10-3-2-4-11-30-27-15-17-5-7-18(23)8-6-17/h5-9,13-15H,2-4,10-12H2,1H3/b27-15+. The average molecular weight is 491 g/mol. The maximum absolute atomic E-state index is 6.32. The summed E-state index contributed by atoms with van der Waals surface area (Å²) < 4.78 is 11.5. The Kier molecular flexibility index (Phi) is 11.2. The number of halogens is 4. The summed E-state index contributed by atoms with van der Waals surface area (Å²) >= 11 is 23.3. The van der Waals surface area contributed by atoms with E-state index in [0.717, 1.165) is 30.4 Å². The highest BCUT2D eigenvalue weighted by Gasteiger charge is 2.09. The highest BCUT2D eigenvalue weighted by molar-refractivity contribution is 6.55. The molecule has 8 heteroatoms. The molecule has 0 aliphatic rings. The second-order valence-corrected chi connectivity index (χ2v) is 8.24. The van der Waals surface area contributed by atoms with Crippen molar-refractivity contribution in [2.75, 3.05) is 19.8 Å².